The summed E-state index contributed by atoms with van der Waals surface area (Å²) in [6.07, 6.45) is 2.91. The first-order chi connectivity index (χ1) is 9.60. The van der Waals surface area contributed by atoms with Gasteiger partial charge in [-0.05, 0) is 30.4 Å². The highest BCUT2D eigenvalue weighted by atomic mass is 16.6. The molecule has 112 valence electrons. The first-order valence-electron chi connectivity index (χ1n) is 7.38. The van der Waals surface area contributed by atoms with Crippen LogP contribution >= 0.6 is 0 Å². The largest absolute Gasteiger partial charge is 0.456 e. The molecule has 1 aromatic rings. The van der Waals surface area contributed by atoms with E-state index in [0.717, 1.165) is 24.8 Å². The normalized spacial score (nSPS) is 12.4. The van der Waals surface area contributed by atoms with Crippen molar-refractivity contribution in [2.24, 2.45) is 5.92 Å². The first-order valence-corrected chi connectivity index (χ1v) is 7.38. The van der Waals surface area contributed by atoms with Gasteiger partial charge >= 0.3 is 5.97 Å². The van der Waals surface area contributed by atoms with Crippen LogP contribution in [0.3, 0.4) is 0 Å². The lowest BCUT2D eigenvalue weighted by molar-refractivity contribution is -0.0103. The maximum absolute atomic E-state index is 12.3. The van der Waals surface area contributed by atoms with E-state index in [4.69, 9.17) is 9.47 Å². The zero-order valence-electron chi connectivity index (χ0n) is 13.0. The summed E-state index contributed by atoms with van der Waals surface area (Å²) in [6, 6.07) is 7.70. The molecule has 0 saturated heterocycles. The average Bonchev–Trinajstić information content (AvgIpc) is 2.44. The summed E-state index contributed by atoms with van der Waals surface area (Å²) in [7, 11) is 1.62. The molecule has 1 unspecified atom stereocenters. The van der Waals surface area contributed by atoms with Gasteiger partial charge in [-0.25, -0.2) is 4.79 Å². The van der Waals surface area contributed by atoms with E-state index in [1.54, 1.807) is 7.11 Å². The maximum Gasteiger partial charge on any atom is 0.338 e. The summed E-state index contributed by atoms with van der Waals surface area (Å²) in [5.41, 5.74) is 1.75. The molecule has 0 bridgehead atoms. The third kappa shape index (κ3) is 4.97. The van der Waals surface area contributed by atoms with Crippen LogP contribution in [0.25, 0.3) is 0 Å². The van der Waals surface area contributed by atoms with Crippen molar-refractivity contribution in [1.82, 2.24) is 0 Å². The molecule has 1 atom stereocenters. The molecule has 0 spiro atoms. The molecule has 0 aliphatic rings. The predicted molar refractivity (Wildman–Crippen MR) is 81.0 cm³/mol. The van der Waals surface area contributed by atoms with Crippen molar-refractivity contribution in [3.8, 4) is 0 Å². The van der Waals surface area contributed by atoms with Crippen LogP contribution in [0.1, 0.15) is 49.5 Å². The standard InChI is InChI=1S/C17H26O3/c1-5-6-9-14-10-7-8-11-15(14)17(18)20-16(12-19-4)13(2)3/h7-8,10-11,13,16H,5-6,9,12H2,1-4H3. The van der Waals surface area contributed by atoms with E-state index in [1.807, 2.05) is 38.1 Å². The van der Waals surface area contributed by atoms with E-state index in [2.05, 4.69) is 6.92 Å². The second-order valence-electron chi connectivity index (χ2n) is 5.40. The molecule has 0 radical (unpaired) electrons. The number of unbranched alkanes of at least 4 members (excludes halogenated alkanes) is 1. The number of hydrogen-bond acceptors (Lipinski definition) is 3. The Morgan fingerprint density at radius 3 is 2.55 bits per heavy atom. The fourth-order valence-electron chi connectivity index (χ4n) is 2.03. The molecule has 3 heteroatoms. The minimum absolute atomic E-state index is 0.202. The lowest BCUT2D eigenvalue weighted by Crippen LogP contribution is -2.28. The highest BCUT2D eigenvalue weighted by Gasteiger charge is 2.20. The third-order valence-electron chi connectivity index (χ3n) is 3.37. The van der Waals surface area contributed by atoms with Gasteiger partial charge in [-0.3, -0.25) is 0 Å². The molecule has 3 nitrogen and oxygen atoms in total. The number of methoxy groups -OCH3 is 1. The fraction of sp³-hybridized carbons (Fsp3) is 0.588. The molecule has 0 saturated carbocycles. The van der Waals surface area contributed by atoms with E-state index in [9.17, 15) is 4.79 Å². The lowest BCUT2D eigenvalue weighted by atomic mass is 10.0. The Balaban J connectivity index is 2.80. The summed E-state index contributed by atoms with van der Waals surface area (Å²) >= 11 is 0. The number of aryl methyl sites for hydroxylation is 1. The van der Waals surface area contributed by atoms with Crippen LogP contribution < -0.4 is 0 Å². The van der Waals surface area contributed by atoms with Crippen molar-refractivity contribution in [3.63, 3.8) is 0 Å². The topological polar surface area (TPSA) is 35.5 Å². The number of hydrogen-bond donors (Lipinski definition) is 0. The zero-order chi connectivity index (χ0) is 15.0. The summed E-state index contributed by atoms with van der Waals surface area (Å²) in [6.45, 7) is 6.63. The van der Waals surface area contributed by atoms with Crippen LogP contribution in [-0.2, 0) is 15.9 Å². The smallest absolute Gasteiger partial charge is 0.338 e. The van der Waals surface area contributed by atoms with Crippen molar-refractivity contribution >= 4 is 5.97 Å². The van der Waals surface area contributed by atoms with Crippen LogP contribution in [0.4, 0.5) is 0 Å². The summed E-state index contributed by atoms with van der Waals surface area (Å²) in [5.74, 6) is -0.00541. The Hall–Kier alpha value is -1.35. The monoisotopic (exact) mass is 278 g/mol. The Labute approximate surface area is 122 Å². The van der Waals surface area contributed by atoms with Gasteiger partial charge in [0.15, 0.2) is 0 Å². The van der Waals surface area contributed by atoms with Crippen molar-refractivity contribution in [2.75, 3.05) is 13.7 Å². The number of carbonyl (C=O) groups is 1. The van der Waals surface area contributed by atoms with Crippen molar-refractivity contribution < 1.29 is 14.3 Å². The zero-order valence-corrected chi connectivity index (χ0v) is 13.0. The molecule has 1 rings (SSSR count). The van der Waals surface area contributed by atoms with Crippen LogP contribution in [0.2, 0.25) is 0 Å². The second kappa shape index (κ2) is 8.75. The van der Waals surface area contributed by atoms with Gasteiger partial charge in [-0.15, -0.1) is 0 Å². The summed E-state index contributed by atoms with van der Waals surface area (Å²) in [4.78, 5) is 12.3. The number of benzene rings is 1. The van der Waals surface area contributed by atoms with Gasteiger partial charge in [0, 0.05) is 7.11 Å². The summed E-state index contributed by atoms with van der Waals surface area (Å²) in [5, 5.41) is 0. The van der Waals surface area contributed by atoms with Crippen molar-refractivity contribution in [3.05, 3.63) is 35.4 Å². The van der Waals surface area contributed by atoms with Gasteiger partial charge in [0.2, 0.25) is 0 Å². The fourth-order valence-corrected chi connectivity index (χ4v) is 2.03. The molecule has 0 N–H and O–H groups in total. The average molecular weight is 278 g/mol. The maximum atomic E-state index is 12.3. The highest BCUT2D eigenvalue weighted by molar-refractivity contribution is 5.91. The number of esters is 1. The van der Waals surface area contributed by atoms with Gasteiger partial charge < -0.3 is 9.47 Å². The number of carbonyl (C=O) groups excluding carboxylic acids is 1. The molecule has 0 amide bonds. The summed E-state index contributed by atoms with van der Waals surface area (Å²) < 4.78 is 10.7. The quantitative estimate of drug-likeness (QED) is 0.677. The molecule has 1 aromatic carbocycles. The minimum atomic E-state index is -0.243. The predicted octanol–water partition coefficient (Wildman–Crippen LogP) is 3.86. The minimum Gasteiger partial charge on any atom is -0.456 e. The molecule has 0 aromatic heterocycles. The highest BCUT2D eigenvalue weighted by Crippen LogP contribution is 2.16. The molecular weight excluding hydrogens is 252 g/mol. The van der Waals surface area contributed by atoms with E-state index < -0.39 is 0 Å². The van der Waals surface area contributed by atoms with E-state index in [1.165, 1.54) is 0 Å². The third-order valence-corrected chi connectivity index (χ3v) is 3.37. The molecule has 20 heavy (non-hydrogen) atoms. The Bertz CT molecular complexity index is 412. The van der Waals surface area contributed by atoms with Gasteiger partial charge in [0.05, 0.1) is 12.2 Å². The first kappa shape index (κ1) is 16.7. The Kier molecular flexibility index (Phi) is 7.31. The van der Waals surface area contributed by atoms with Crippen LogP contribution in [0, 0.1) is 5.92 Å². The van der Waals surface area contributed by atoms with E-state index >= 15 is 0 Å². The van der Waals surface area contributed by atoms with Gasteiger partial charge in [0.25, 0.3) is 0 Å². The molecule has 0 aliphatic carbocycles. The number of ether oxygens (including phenoxy) is 2. The van der Waals surface area contributed by atoms with Gasteiger partial charge in [-0.1, -0.05) is 45.4 Å². The van der Waals surface area contributed by atoms with Crippen molar-refractivity contribution in [2.45, 2.75) is 46.1 Å². The Morgan fingerprint density at radius 2 is 1.95 bits per heavy atom. The lowest BCUT2D eigenvalue weighted by Gasteiger charge is -2.21. The second-order valence-corrected chi connectivity index (χ2v) is 5.40. The van der Waals surface area contributed by atoms with E-state index in [-0.39, 0.29) is 18.0 Å². The van der Waals surface area contributed by atoms with Gasteiger partial charge in [0.1, 0.15) is 6.10 Å². The van der Waals surface area contributed by atoms with Crippen molar-refractivity contribution in [1.29, 1.82) is 0 Å². The molecule has 0 aliphatic heterocycles. The molecular formula is C17H26O3. The molecule has 0 heterocycles. The Morgan fingerprint density at radius 1 is 1.25 bits per heavy atom. The molecule has 0 fully saturated rings. The number of rotatable bonds is 8. The van der Waals surface area contributed by atoms with Crippen LogP contribution in [-0.4, -0.2) is 25.8 Å². The van der Waals surface area contributed by atoms with Gasteiger partial charge in [-0.2, -0.15) is 0 Å². The SMILES string of the molecule is CCCCc1ccccc1C(=O)OC(COC)C(C)C. The van der Waals surface area contributed by atoms with Crippen LogP contribution in [0.15, 0.2) is 24.3 Å². The van der Waals surface area contributed by atoms with Crippen LogP contribution in [0.5, 0.6) is 0 Å². The van der Waals surface area contributed by atoms with E-state index in [0.29, 0.717) is 12.2 Å².